The summed E-state index contributed by atoms with van der Waals surface area (Å²) in [5.41, 5.74) is 3.96. The van der Waals surface area contributed by atoms with Gasteiger partial charge in [0, 0.05) is 25.6 Å². The van der Waals surface area contributed by atoms with Gasteiger partial charge in [-0.05, 0) is 54.5 Å². The van der Waals surface area contributed by atoms with E-state index in [1.54, 1.807) is 0 Å². The average Bonchev–Trinajstić information content (AvgIpc) is 3.30. The van der Waals surface area contributed by atoms with Crippen molar-refractivity contribution in [2.24, 2.45) is 5.92 Å². The van der Waals surface area contributed by atoms with Gasteiger partial charge >= 0.3 is 0 Å². The minimum atomic E-state index is 0.257. The Hall–Kier alpha value is -2.91. The summed E-state index contributed by atoms with van der Waals surface area (Å²) < 4.78 is 0. The Morgan fingerprint density at radius 2 is 1.30 bits per heavy atom. The van der Waals surface area contributed by atoms with Crippen LogP contribution in [0.25, 0.3) is 0 Å². The molecule has 1 amide bonds. The summed E-state index contributed by atoms with van der Waals surface area (Å²) in [5, 5.41) is 0. The molecule has 2 aliphatic rings. The monoisotopic (exact) mass is 438 g/mol. The Balaban J connectivity index is 1.24. The lowest BCUT2D eigenvalue weighted by atomic mass is 9.86. The van der Waals surface area contributed by atoms with Crippen LogP contribution in [-0.2, 0) is 11.2 Å². The van der Waals surface area contributed by atoms with E-state index < -0.39 is 0 Å². The third-order valence-corrected chi connectivity index (χ3v) is 7.57. The van der Waals surface area contributed by atoms with Crippen LogP contribution < -0.4 is 0 Å². The predicted octanol–water partition coefficient (Wildman–Crippen LogP) is 5.35. The Labute approximate surface area is 198 Å². The highest BCUT2D eigenvalue weighted by Crippen LogP contribution is 2.35. The number of piperidine rings is 1. The first-order chi connectivity index (χ1) is 16.3. The van der Waals surface area contributed by atoms with E-state index in [0.717, 1.165) is 38.3 Å². The molecule has 170 valence electrons. The Morgan fingerprint density at radius 3 is 1.94 bits per heavy atom. The normalized spacial score (nSPS) is 21.9. The molecular formula is C30H34N2O. The van der Waals surface area contributed by atoms with Gasteiger partial charge in [0.1, 0.15) is 0 Å². The van der Waals surface area contributed by atoms with Crippen LogP contribution in [-0.4, -0.2) is 48.4 Å². The average molecular weight is 439 g/mol. The first-order valence-corrected chi connectivity index (χ1v) is 12.4. The van der Waals surface area contributed by atoms with Crippen molar-refractivity contribution < 1.29 is 4.79 Å². The highest BCUT2D eigenvalue weighted by molar-refractivity contribution is 5.79. The minimum absolute atomic E-state index is 0.257. The van der Waals surface area contributed by atoms with E-state index in [-0.39, 0.29) is 5.91 Å². The maximum Gasteiger partial charge on any atom is 0.227 e. The molecule has 0 bridgehead atoms. The summed E-state index contributed by atoms with van der Waals surface area (Å²) in [6.45, 7) is 5.08. The van der Waals surface area contributed by atoms with Gasteiger partial charge < -0.3 is 9.80 Å². The maximum absolute atomic E-state index is 13.1. The summed E-state index contributed by atoms with van der Waals surface area (Å²) in [5.74, 6) is 1.84. The van der Waals surface area contributed by atoms with Crippen molar-refractivity contribution in [3.05, 3.63) is 108 Å². The van der Waals surface area contributed by atoms with Gasteiger partial charge in [-0.3, -0.25) is 4.79 Å². The standard InChI is InChI=1S/C30H34N2O/c33-30(20-24-10-4-1-5-11-24)32-22-28(29(23-32)27-14-8-3-9-15-27)21-31-18-16-26(17-19-31)25-12-6-2-7-13-25/h1-15,26,28-29H,16-23H2. The summed E-state index contributed by atoms with van der Waals surface area (Å²) in [6, 6.07) is 31.9. The molecule has 3 heteroatoms. The quantitative estimate of drug-likeness (QED) is 0.518. The second kappa shape index (κ2) is 10.4. The molecule has 0 spiro atoms. The van der Waals surface area contributed by atoms with Crippen LogP contribution in [0, 0.1) is 5.92 Å². The first-order valence-electron chi connectivity index (χ1n) is 12.4. The molecule has 2 heterocycles. The lowest BCUT2D eigenvalue weighted by molar-refractivity contribution is -0.129. The zero-order valence-corrected chi connectivity index (χ0v) is 19.4. The molecule has 2 atom stereocenters. The van der Waals surface area contributed by atoms with Crippen LogP contribution >= 0.6 is 0 Å². The largest absolute Gasteiger partial charge is 0.341 e. The third-order valence-electron chi connectivity index (χ3n) is 7.57. The van der Waals surface area contributed by atoms with E-state index in [2.05, 4.69) is 82.6 Å². The number of rotatable bonds is 6. The van der Waals surface area contributed by atoms with E-state index in [1.807, 2.05) is 18.2 Å². The van der Waals surface area contributed by atoms with Crippen molar-refractivity contribution >= 4 is 5.91 Å². The molecule has 2 saturated heterocycles. The molecule has 5 rings (SSSR count). The fourth-order valence-corrected chi connectivity index (χ4v) is 5.73. The van der Waals surface area contributed by atoms with E-state index in [0.29, 0.717) is 24.2 Å². The number of hydrogen-bond donors (Lipinski definition) is 0. The van der Waals surface area contributed by atoms with Crippen LogP contribution in [0.2, 0.25) is 0 Å². The summed E-state index contributed by atoms with van der Waals surface area (Å²) in [7, 11) is 0. The molecule has 0 radical (unpaired) electrons. The first kappa shape index (κ1) is 21.9. The van der Waals surface area contributed by atoms with Crippen LogP contribution in [0.4, 0.5) is 0 Å². The van der Waals surface area contributed by atoms with Crippen molar-refractivity contribution in [1.29, 1.82) is 0 Å². The molecule has 0 aromatic heterocycles. The fourth-order valence-electron chi connectivity index (χ4n) is 5.73. The number of likely N-dealkylation sites (tertiary alicyclic amines) is 2. The summed E-state index contributed by atoms with van der Waals surface area (Å²) >= 11 is 0. The van der Waals surface area contributed by atoms with Gasteiger partial charge in [-0.15, -0.1) is 0 Å². The number of carbonyl (C=O) groups excluding carboxylic acids is 1. The Morgan fingerprint density at radius 1 is 0.727 bits per heavy atom. The second-order valence-corrected chi connectivity index (χ2v) is 9.72. The number of amides is 1. The lowest BCUT2D eigenvalue weighted by Gasteiger charge is -2.34. The van der Waals surface area contributed by atoms with Crippen molar-refractivity contribution in [2.45, 2.75) is 31.1 Å². The number of carbonyl (C=O) groups is 1. The zero-order valence-electron chi connectivity index (χ0n) is 19.4. The molecular weight excluding hydrogens is 404 g/mol. The minimum Gasteiger partial charge on any atom is -0.341 e. The molecule has 2 fully saturated rings. The SMILES string of the molecule is O=C(Cc1ccccc1)N1CC(CN2CCC(c3ccccc3)CC2)C(c2ccccc2)C1. The van der Waals surface area contributed by atoms with E-state index in [1.165, 1.54) is 24.0 Å². The predicted molar refractivity (Wildman–Crippen MR) is 134 cm³/mol. The second-order valence-electron chi connectivity index (χ2n) is 9.72. The van der Waals surface area contributed by atoms with Crippen molar-refractivity contribution in [1.82, 2.24) is 9.80 Å². The Bertz CT molecular complexity index is 1010. The Kier molecular flexibility index (Phi) is 6.87. The number of nitrogens with zero attached hydrogens (tertiary/aromatic N) is 2. The van der Waals surface area contributed by atoms with E-state index in [4.69, 9.17) is 0 Å². The van der Waals surface area contributed by atoms with Crippen LogP contribution in [0.3, 0.4) is 0 Å². The third kappa shape index (κ3) is 5.36. The van der Waals surface area contributed by atoms with Gasteiger partial charge in [-0.1, -0.05) is 91.0 Å². The molecule has 0 N–H and O–H groups in total. The van der Waals surface area contributed by atoms with Crippen LogP contribution in [0.15, 0.2) is 91.0 Å². The molecule has 0 saturated carbocycles. The molecule has 3 aromatic carbocycles. The van der Waals surface area contributed by atoms with Gasteiger partial charge in [0.2, 0.25) is 5.91 Å². The topological polar surface area (TPSA) is 23.6 Å². The maximum atomic E-state index is 13.1. The molecule has 3 aromatic rings. The number of hydrogen-bond acceptors (Lipinski definition) is 2. The van der Waals surface area contributed by atoms with Gasteiger partial charge in [0.25, 0.3) is 0 Å². The highest BCUT2D eigenvalue weighted by Gasteiger charge is 2.37. The molecule has 2 aliphatic heterocycles. The molecule has 33 heavy (non-hydrogen) atoms. The fraction of sp³-hybridized carbons (Fsp3) is 0.367. The molecule has 0 aliphatic carbocycles. The highest BCUT2D eigenvalue weighted by atomic mass is 16.2. The number of benzene rings is 3. The molecule has 3 nitrogen and oxygen atoms in total. The van der Waals surface area contributed by atoms with Gasteiger partial charge in [0.15, 0.2) is 0 Å². The van der Waals surface area contributed by atoms with Crippen molar-refractivity contribution in [3.8, 4) is 0 Å². The lowest BCUT2D eigenvalue weighted by Crippen LogP contribution is -2.38. The van der Waals surface area contributed by atoms with Crippen molar-refractivity contribution in [3.63, 3.8) is 0 Å². The summed E-state index contributed by atoms with van der Waals surface area (Å²) in [6.07, 6.45) is 2.95. The molecule has 2 unspecified atom stereocenters. The van der Waals surface area contributed by atoms with Crippen LogP contribution in [0.5, 0.6) is 0 Å². The van der Waals surface area contributed by atoms with Crippen molar-refractivity contribution in [2.75, 3.05) is 32.7 Å². The summed E-state index contributed by atoms with van der Waals surface area (Å²) in [4.78, 5) is 17.9. The van der Waals surface area contributed by atoms with Gasteiger partial charge in [0.05, 0.1) is 6.42 Å². The van der Waals surface area contributed by atoms with E-state index >= 15 is 0 Å². The van der Waals surface area contributed by atoms with E-state index in [9.17, 15) is 4.79 Å². The van der Waals surface area contributed by atoms with Crippen LogP contribution in [0.1, 0.15) is 41.4 Å². The van der Waals surface area contributed by atoms with Gasteiger partial charge in [-0.2, -0.15) is 0 Å². The van der Waals surface area contributed by atoms with Gasteiger partial charge in [-0.25, -0.2) is 0 Å². The smallest absolute Gasteiger partial charge is 0.227 e. The zero-order chi connectivity index (χ0) is 22.5.